The molecule has 2 atom stereocenters. The highest BCUT2D eigenvalue weighted by Gasteiger charge is 2.40. The number of β-amino-alcohol motifs (C(OH)–C–C–N with tert-alkyl or cyclic N) is 1. The molecule has 2 heterocycles. The molecule has 4 aromatic rings. The van der Waals surface area contributed by atoms with Gasteiger partial charge in [0.2, 0.25) is 0 Å². The van der Waals surface area contributed by atoms with Crippen LogP contribution in [0.3, 0.4) is 0 Å². The maximum absolute atomic E-state index is 13.3. The largest absolute Gasteiger partial charge is 0.459 e. The molecule has 1 fully saturated rings. The number of aliphatic hydroxyl groups excluding tert-OH is 1. The van der Waals surface area contributed by atoms with Crippen molar-refractivity contribution < 1.29 is 19.4 Å². The van der Waals surface area contributed by atoms with Crippen LogP contribution in [0.25, 0.3) is 22.4 Å². The molecule has 35 heavy (non-hydrogen) atoms. The Morgan fingerprint density at radius 1 is 1.11 bits per heavy atom. The average Bonchev–Trinajstić information content (AvgIpc) is 3.50. The van der Waals surface area contributed by atoms with E-state index in [9.17, 15) is 14.7 Å². The van der Waals surface area contributed by atoms with Gasteiger partial charge in [0.1, 0.15) is 18.5 Å². The second-order valence-electron chi connectivity index (χ2n) is 8.46. The second kappa shape index (κ2) is 9.41. The first-order valence-electron chi connectivity index (χ1n) is 11.2. The van der Waals surface area contributed by atoms with Crippen LogP contribution >= 0.6 is 0 Å². The number of aromatic amines is 1. The molecule has 1 aliphatic heterocycles. The van der Waals surface area contributed by atoms with E-state index < -0.39 is 18.1 Å². The van der Waals surface area contributed by atoms with Crippen LogP contribution < -0.4 is 0 Å². The van der Waals surface area contributed by atoms with E-state index >= 15 is 0 Å². The van der Waals surface area contributed by atoms with Crippen molar-refractivity contribution in [3.8, 4) is 17.5 Å². The number of nitrogens with zero attached hydrogens (tertiary/aromatic N) is 3. The van der Waals surface area contributed by atoms with Crippen molar-refractivity contribution in [2.45, 2.75) is 25.2 Å². The number of fused-ring (bicyclic) bond motifs is 1. The van der Waals surface area contributed by atoms with Gasteiger partial charge in [0.15, 0.2) is 0 Å². The molecule has 1 aromatic heterocycles. The molecule has 2 N–H and O–H groups in total. The number of hydrogen-bond acceptors (Lipinski definition) is 6. The molecule has 3 aromatic carbocycles. The monoisotopic (exact) mass is 466 g/mol. The van der Waals surface area contributed by atoms with Gasteiger partial charge in [0.25, 0.3) is 5.91 Å². The van der Waals surface area contributed by atoms with E-state index in [4.69, 9.17) is 10.00 Å². The third-order valence-electron chi connectivity index (χ3n) is 6.05. The van der Waals surface area contributed by atoms with Crippen molar-refractivity contribution in [3.63, 3.8) is 0 Å². The Balaban J connectivity index is 1.34. The van der Waals surface area contributed by atoms with Crippen LogP contribution in [0.5, 0.6) is 0 Å². The zero-order valence-corrected chi connectivity index (χ0v) is 18.7. The summed E-state index contributed by atoms with van der Waals surface area (Å²) in [6.45, 7) is 0.161. The summed E-state index contributed by atoms with van der Waals surface area (Å²) in [7, 11) is 0. The number of carbonyl (C=O) groups is 2. The fourth-order valence-electron chi connectivity index (χ4n) is 4.23. The molecule has 8 nitrogen and oxygen atoms in total. The highest BCUT2D eigenvalue weighted by Crippen LogP contribution is 2.25. The lowest BCUT2D eigenvalue weighted by atomic mass is 10.1. The molecule has 0 bridgehead atoms. The van der Waals surface area contributed by atoms with E-state index in [1.165, 1.54) is 4.90 Å². The lowest BCUT2D eigenvalue weighted by Crippen LogP contribution is -2.41. The van der Waals surface area contributed by atoms with Crippen LogP contribution in [-0.4, -0.2) is 50.5 Å². The van der Waals surface area contributed by atoms with E-state index in [-0.39, 0.29) is 25.5 Å². The summed E-state index contributed by atoms with van der Waals surface area (Å²) in [6, 6.07) is 22.7. The predicted molar refractivity (Wildman–Crippen MR) is 128 cm³/mol. The van der Waals surface area contributed by atoms with Crippen LogP contribution in [0.15, 0.2) is 72.8 Å². The van der Waals surface area contributed by atoms with Gasteiger partial charge in [0.05, 0.1) is 28.8 Å². The normalized spacial score (nSPS) is 17.3. The number of nitrogens with one attached hydrogen (secondary N) is 1. The SMILES string of the molecule is N#Cc1ccc(-c2nc3ccc(C(=O)N4C[C@H](O)C[C@H]4C(=O)OCc4ccccc4)cc3[nH]2)cc1. The number of likely N-dealkylation sites (tertiary alicyclic amines) is 1. The van der Waals surface area contributed by atoms with E-state index in [0.717, 1.165) is 11.1 Å². The molecule has 5 rings (SSSR count). The molecule has 0 aliphatic carbocycles. The first-order chi connectivity index (χ1) is 17.0. The first-order valence-corrected chi connectivity index (χ1v) is 11.2. The number of aromatic nitrogens is 2. The standard InChI is InChI=1S/C27H22N4O4/c28-14-17-6-8-19(9-7-17)25-29-22-11-10-20(12-23(22)30-25)26(33)31-15-21(32)13-24(31)27(34)35-16-18-4-2-1-3-5-18/h1-12,21,24,32H,13,15-16H2,(H,29,30)/t21-,24+/m1/s1. The summed E-state index contributed by atoms with van der Waals surface area (Å²) in [5.41, 5.74) is 3.95. The highest BCUT2D eigenvalue weighted by atomic mass is 16.5. The van der Waals surface area contributed by atoms with Gasteiger partial charge in [-0.25, -0.2) is 9.78 Å². The van der Waals surface area contributed by atoms with E-state index in [0.29, 0.717) is 28.0 Å². The van der Waals surface area contributed by atoms with Gasteiger partial charge in [-0.1, -0.05) is 30.3 Å². The minimum Gasteiger partial charge on any atom is -0.459 e. The molecule has 0 unspecified atom stereocenters. The molecule has 8 heteroatoms. The fraction of sp³-hybridized carbons (Fsp3) is 0.185. The number of H-pyrrole nitrogens is 1. The average molecular weight is 466 g/mol. The van der Waals surface area contributed by atoms with Gasteiger partial charge in [-0.05, 0) is 48.0 Å². The van der Waals surface area contributed by atoms with Crippen LogP contribution in [0.4, 0.5) is 0 Å². The summed E-state index contributed by atoms with van der Waals surface area (Å²) in [5, 5.41) is 19.2. The molecule has 174 valence electrons. The van der Waals surface area contributed by atoms with E-state index in [1.54, 1.807) is 42.5 Å². The molecule has 0 radical (unpaired) electrons. The Kier molecular flexibility index (Phi) is 6.00. The van der Waals surface area contributed by atoms with Crippen molar-refractivity contribution >= 4 is 22.9 Å². The maximum atomic E-state index is 13.3. The molecule has 0 spiro atoms. The minimum absolute atomic E-state index is 0.0570. The zero-order valence-electron chi connectivity index (χ0n) is 18.7. The smallest absolute Gasteiger partial charge is 0.329 e. The van der Waals surface area contributed by atoms with Gasteiger partial charge in [-0.15, -0.1) is 0 Å². The van der Waals surface area contributed by atoms with E-state index in [1.807, 2.05) is 30.3 Å². The Labute approximate surface area is 201 Å². The van der Waals surface area contributed by atoms with Crippen molar-refractivity contribution in [2.24, 2.45) is 0 Å². The minimum atomic E-state index is -0.854. The number of esters is 1. The van der Waals surface area contributed by atoms with Gasteiger partial charge in [-0.3, -0.25) is 4.79 Å². The number of rotatable bonds is 5. The van der Waals surface area contributed by atoms with Gasteiger partial charge < -0.3 is 19.7 Å². The van der Waals surface area contributed by atoms with E-state index in [2.05, 4.69) is 16.0 Å². The van der Waals surface area contributed by atoms with Gasteiger partial charge >= 0.3 is 5.97 Å². The second-order valence-corrected chi connectivity index (χ2v) is 8.46. The number of nitriles is 1. The van der Waals surface area contributed by atoms with Crippen molar-refractivity contribution in [1.82, 2.24) is 14.9 Å². The Morgan fingerprint density at radius 3 is 2.63 bits per heavy atom. The molecule has 1 amide bonds. The summed E-state index contributed by atoms with van der Waals surface area (Å²) in [5.74, 6) is -0.280. The molecular weight excluding hydrogens is 444 g/mol. The summed E-state index contributed by atoms with van der Waals surface area (Å²) < 4.78 is 5.44. The number of amides is 1. The van der Waals surface area contributed by atoms with Crippen molar-refractivity contribution in [1.29, 1.82) is 5.26 Å². The zero-order chi connectivity index (χ0) is 24.4. The molecule has 1 aliphatic rings. The number of imidazole rings is 1. The number of carbonyl (C=O) groups excluding carboxylic acids is 2. The first kappa shape index (κ1) is 22.3. The Morgan fingerprint density at radius 2 is 1.89 bits per heavy atom. The molecular formula is C27H22N4O4. The lowest BCUT2D eigenvalue weighted by Gasteiger charge is -2.23. The van der Waals surface area contributed by atoms with Crippen LogP contribution in [-0.2, 0) is 16.1 Å². The Hall–Kier alpha value is -4.48. The predicted octanol–water partition coefficient (Wildman–Crippen LogP) is 3.42. The van der Waals surface area contributed by atoms with Crippen molar-refractivity contribution in [3.05, 3.63) is 89.5 Å². The maximum Gasteiger partial charge on any atom is 0.329 e. The number of aliphatic hydroxyl groups is 1. The number of hydrogen-bond donors (Lipinski definition) is 2. The fourth-order valence-corrected chi connectivity index (χ4v) is 4.23. The Bertz CT molecular complexity index is 1420. The van der Waals surface area contributed by atoms with Crippen molar-refractivity contribution in [2.75, 3.05) is 6.54 Å². The summed E-state index contributed by atoms with van der Waals surface area (Å²) >= 11 is 0. The summed E-state index contributed by atoms with van der Waals surface area (Å²) in [4.78, 5) is 35.2. The molecule has 0 saturated carbocycles. The summed E-state index contributed by atoms with van der Waals surface area (Å²) in [6.07, 6.45) is -0.666. The van der Waals surface area contributed by atoms with Crippen LogP contribution in [0.2, 0.25) is 0 Å². The quantitative estimate of drug-likeness (QED) is 0.435. The third kappa shape index (κ3) is 4.63. The van der Waals surface area contributed by atoms with Crippen LogP contribution in [0.1, 0.15) is 27.9 Å². The van der Waals surface area contributed by atoms with Crippen LogP contribution in [0, 0.1) is 11.3 Å². The van der Waals surface area contributed by atoms with Gasteiger partial charge in [-0.2, -0.15) is 5.26 Å². The lowest BCUT2D eigenvalue weighted by molar-refractivity contribution is -0.149. The number of ether oxygens (including phenoxy) is 1. The topological polar surface area (TPSA) is 119 Å². The third-order valence-corrected chi connectivity index (χ3v) is 6.05. The van der Waals surface area contributed by atoms with Gasteiger partial charge in [0, 0.05) is 24.1 Å². The molecule has 1 saturated heterocycles. The number of benzene rings is 3. The highest BCUT2D eigenvalue weighted by molar-refractivity contribution is 6.00.